The predicted octanol–water partition coefficient (Wildman–Crippen LogP) is 5.16. The van der Waals surface area contributed by atoms with Crippen LogP contribution in [0.4, 0.5) is 5.95 Å². The molecule has 0 radical (unpaired) electrons. The Bertz CT molecular complexity index is 1060. The second-order valence-corrected chi connectivity index (χ2v) is 10.5. The number of furan rings is 1. The molecule has 1 aliphatic rings. The SMILES string of the molecule is CC(C)CNc1nc(-c2ccco2)c2ncn([C@H]3C[C@H](OCC(C)C)[C@@H](COCC(C)C)O3)c2n1. The maximum absolute atomic E-state index is 6.48. The Morgan fingerprint density at radius 3 is 2.57 bits per heavy atom. The third-order valence-corrected chi connectivity index (χ3v) is 5.71. The second-order valence-electron chi connectivity index (χ2n) is 10.5. The highest BCUT2D eigenvalue weighted by atomic mass is 16.6. The summed E-state index contributed by atoms with van der Waals surface area (Å²) < 4.78 is 26.3. The highest BCUT2D eigenvalue weighted by Gasteiger charge is 2.38. The monoisotopic (exact) mass is 485 g/mol. The van der Waals surface area contributed by atoms with Gasteiger partial charge in [0.25, 0.3) is 0 Å². The fraction of sp³-hybridized carbons (Fsp3) is 0.654. The van der Waals surface area contributed by atoms with E-state index in [4.69, 9.17) is 28.6 Å². The van der Waals surface area contributed by atoms with Crippen LogP contribution in [0.5, 0.6) is 0 Å². The topological polar surface area (TPSA) is 96.5 Å². The van der Waals surface area contributed by atoms with Crippen molar-refractivity contribution in [2.45, 2.75) is 66.4 Å². The number of anilines is 1. The van der Waals surface area contributed by atoms with Crippen molar-refractivity contribution in [3.63, 3.8) is 0 Å². The average molecular weight is 486 g/mol. The summed E-state index contributed by atoms with van der Waals surface area (Å²) in [5.74, 6) is 2.56. The molecule has 3 aromatic heterocycles. The molecule has 35 heavy (non-hydrogen) atoms. The van der Waals surface area contributed by atoms with Gasteiger partial charge in [0.2, 0.25) is 5.95 Å². The molecule has 0 aromatic carbocycles. The molecule has 192 valence electrons. The molecular formula is C26H39N5O4. The summed E-state index contributed by atoms with van der Waals surface area (Å²) in [7, 11) is 0. The molecule has 1 saturated heterocycles. The summed E-state index contributed by atoms with van der Waals surface area (Å²) in [6.45, 7) is 15.5. The highest BCUT2D eigenvalue weighted by Crippen LogP contribution is 2.35. The van der Waals surface area contributed by atoms with E-state index in [0.29, 0.717) is 72.6 Å². The second kappa shape index (κ2) is 11.5. The molecule has 3 atom stereocenters. The van der Waals surface area contributed by atoms with Crippen molar-refractivity contribution in [3.8, 4) is 11.5 Å². The van der Waals surface area contributed by atoms with Crippen LogP contribution >= 0.6 is 0 Å². The van der Waals surface area contributed by atoms with Crippen LogP contribution in [0, 0.1) is 17.8 Å². The Balaban J connectivity index is 1.63. The van der Waals surface area contributed by atoms with Crippen LogP contribution in [0.2, 0.25) is 0 Å². The van der Waals surface area contributed by atoms with Crippen LogP contribution in [0.25, 0.3) is 22.6 Å². The molecule has 0 aliphatic carbocycles. The molecular weight excluding hydrogens is 446 g/mol. The van der Waals surface area contributed by atoms with Gasteiger partial charge < -0.3 is 23.9 Å². The first-order valence-corrected chi connectivity index (χ1v) is 12.7. The van der Waals surface area contributed by atoms with Gasteiger partial charge in [0.05, 0.1) is 25.3 Å². The van der Waals surface area contributed by atoms with E-state index in [2.05, 4.69) is 51.8 Å². The summed E-state index contributed by atoms with van der Waals surface area (Å²) in [5.41, 5.74) is 2.04. The smallest absolute Gasteiger partial charge is 0.225 e. The summed E-state index contributed by atoms with van der Waals surface area (Å²) in [6.07, 6.45) is 3.64. The first-order chi connectivity index (χ1) is 16.8. The molecule has 4 heterocycles. The van der Waals surface area contributed by atoms with Crippen LogP contribution in [-0.2, 0) is 14.2 Å². The number of aromatic nitrogens is 4. The minimum atomic E-state index is -0.262. The van der Waals surface area contributed by atoms with Crippen molar-refractivity contribution in [1.29, 1.82) is 0 Å². The van der Waals surface area contributed by atoms with Gasteiger partial charge in [-0.15, -0.1) is 0 Å². The Hall–Kier alpha value is -2.49. The van der Waals surface area contributed by atoms with E-state index < -0.39 is 0 Å². The van der Waals surface area contributed by atoms with Crippen molar-refractivity contribution < 1.29 is 18.6 Å². The summed E-state index contributed by atoms with van der Waals surface area (Å²) >= 11 is 0. The highest BCUT2D eigenvalue weighted by molar-refractivity contribution is 5.86. The van der Waals surface area contributed by atoms with E-state index in [0.717, 1.165) is 6.54 Å². The van der Waals surface area contributed by atoms with E-state index >= 15 is 0 Å². The Kier molecular flexibility index (Phi) is 8.41. The Labute approximate surface area is 207 Å². The maximum atomic E-state index is 6.48. The zero-order chi connectivity index (χ0) is 24.9. The van der Waals surface area contributed by atoms with Crippen LogP contribution in [-0.4, -0.2) is 58.1 Å². The molecule has 9 heteroatoms. The van der Waals surface area contributed by atoms with Gasteiger partial charge in [-0.2, -0.15) is 4.98 Å². The number of hydrogen-bond acceptors (Lipinski definition) is 8. The van der Waals surface area contributed by atoms with Gasteiger partial charge in [-0.3, -0.25) is 4.57 Å². The minimum absolute atomic E-state index is 0.0584. The molecule has 0 saturated carbocycles. The maximum Gasteiger partial charge on any atom is 0.225 e. The first-order valence-electron chi connectivity index (χ1n) is 12.7. The third-order valence-electron chi connectivity index (χ3n) is 5.71. The van der Waals surface area contributed by atoms with Gasteiger partial charge in [0, 0.05) is 26.2 Å². The molecule has 0 spiro atoms. The van der Waals surface area contributed by atoms with E-state index in [1.807, 2.05) is 16.7 Å². The Morgan fingerprint density at radius 1 is 1.09 bits per heavy atom. The molecule has 0 amide bonds. The normalized spacial score (nSPS) is 20.7. The van der Waals surface area contributed by atoms with E-state index in [1.54, 1.807) is 12.6 Å². The summed E-state index contributed by atoms with van der Waals surface area (Å²) in [4.78, 5) is 14.2. The molecule has 0 unspecified atom stereocenters. The van der Waals surface area contributed by atoms with Crippen molar-refractivity contribution in [2.24, 2.45) is 17.8 Å². The lowest BCUT2D eigenvalue weighted by Gasteiger charge is -2.20. The van der Waals surface area contributed by atoms with Crippen molar-refractivity contribution in [3.05, 3.63) is 24.7 Å². The summed E-state index contributed by atoms with van der Waals surface area (Å²) in [5, 5.41) is 3.34. The molecule has 3 aromatic rings. The molecule has 1 fully saturated rings. The standard InChI is InChI=1S/C26H39N5O4/c1-16(2)11-27-26-29-23(19-8-7-9-33-19)24-25(30-26)31(15-28-24)22-10-20(34-13-18(5)6)21(35-22)14-32-12-17(3)4/h7-9,15-18,20-22H,10-14H2,1-6H3,(H,27,29,30)/t20-,21+,22+/m0/s1. The molecule has 1 N–H and O–H groups in total. The molecule has 0 bridgehead atoms. The van der Waals surface area contributed by atoms with Crippen molar-refractivity contribution in [2.75, 3.05) is 31.7 Å². The minimum Gasteiger partial charge on any atom is -0.463 e. The van der Waals surface area contributed by atoms with Gasteiger partial charge in [-0.1, -0.05) is 41.5 Å². The van der Waals surface area contributed by atoms with Crippen molar-refractivity contribution >= 4 is 17.1 Å². The molecule has 1 aliphatic heterocycles. The number of ether oxygens (including phenoxy) is 3. The van der Waals surface area contributed by atoms with Gasteiger partial charge in [-0.05, 0) is 29.9 Å². The molecule has 9 nitrogen and oxygen atoms in total. The predicted molar refractivity (Wildman–Crippen MR) is 135 cm³/mol. The van der Waals surface area contributed by atoms with Gasteiger partial charge in [-0.25, -0.2) is 9.97 Å². The number of hydrogen-bond donors (Lipinski definition) is 1. The van der Waals surface area contributed by atoms with Gasteiger partial charge in [0.15, 0.2) is 11.4 Å². The zero-order valence-electron chi connectivity index (χ0n) is 21.7. The lowest BCUT2D eigenvalue weighted by Crippen LogP contribution is -2.30. The van der Waals surface area contributed by atoms with E-state index in [-0.39, 0.29) is 18.4 Å². The fourth-order valence-corrected chi connectivity index (χ4v) is 4.02. The summed E-state index contributed by atoms with van der Waals surface area (Å²) in [6, 6.07) is 3.73. The number of rotatable bonds is 12. The molecule has 4 rings (SSSR count). The fourth-order valence-electron chi connectivity index (χ4n) is 4.02. The number of fused-ring (bicyclic) bond motifs is 1. The first kappa shape index (κ1) is 25.6. The van der Waals surface area contributed by atoms with Crippen LogP contribution in [0.1, 0.15) is 54.2 Å². The van der Waals surface area contributed by atoms with E-state index in [1.165, 1.54) is 0 Å². The lowest BCUT2D eigenvalue weighted by molar-refractivity contribution is -0.0814. The van der Waals surface area contributed by atoms with E-state index in [9.17, 15) is 0 Å². The van der Waals surface area contributed by atoms with Crippen LogP contribution in [0.15, 0.2) is 29.1 Å². The van der Waals surface area contributed by atoms with Gasteiger partial charge >= 0.3 is 0 Å². The van der Waals surface area contributed by atoms with Crippen molar-refractivity contribution in [1.82, 2.24) is 19.5 Å². The number of nitrogens with one attached hydrogen (secondary N) is 1. The van der Waals surface area contributed by atoms with Gasteiger partial charge in [0.1, 0.15) is 23.5 Å². The van der Waals surface area contributed by atoms with Crippen LogP contribution in [0.3, 0.4) is 0 Å². The quantitative estimate of drug-likeness (QED) is 0.376. The zero-order valence-corrected chi connectivity index (χ0v) is 21.7. The largest absolute Gasteiger partial charge is 0.463 e. The lowest BCUT2D eigenvalue weighted by atomic mass is 10.1. The third kappa shape index (κ3) is 6.39. The van der Waals surface area contributed by atoms with Crippen LogP contribution < -0.4 is 5.32 Å². The number of nitrogens with zero attached hydrogens (tertiary/aromatic N) is 4. The Morgan fingerprint density at radius 2 is 1.89 bits per heavy atom. The number of imidazole rings is 1. The average Bonchev–Trinajstić information content (AvgIpc) is 3.55.